The minimum Gasteiger partial charge on any atom is -0.373 e. The molecule has 0 aliphatic carbocycles. The summed E-state index contributed by atoms with van der Waals surface area (Å²) in [5.41, 5.74) is 0.855. The Bertz CT molecular complexity index is 419. The molecule has 0 radical (unpaired) electrons. The Kier molecular flexibility index (Phi) is 6.25. The van der Waals surface area contributed by atoms with E-state index in [1.807, 2.05) is 18.9 Å². The predicted molar refractivity (Wildman–Crippen MR) is 79.7 cm³/mol. The van der Waals surface area contributed by atoms with E-state index in [0.29, 0.717) is 12.5 Å². The van der Waals surface area contributed by atoms with Gasteiger partial charge in [0.05, 0.1) is 11.9 Å². The van der Waals surface area contributed by atoms with Gasteiger partial charge in [-0.25, -0.2) is 4.68 Å². The normalized spacial score (nSPS) is 12.4. The average Bonchev–Trinajstić information content (AvgIpc) is 2.36. The summed E-state index contributed by atoms with van der Waals surface area (Å²) in [6, 6.07) is 1.65. The van der Waals surface area contributed by atoms with E-state index >= 15 is 0 Å². The molecule has 102 valence electrons. The zero-order chi connectivity index (χ0) is 13.5. The van der Waals surface area contributed by atoms with Gasteiger partial charge >= 0.3 is 0 Å². The van der Waals surface area contributed by atoms with E-state index in [9.17, 15) is 4.79 Å². The number of rotatable bonds is 7. The van der Waals surface area contributed by atoms with Crippen LogP contribution < -0.4 is 10.5 Å². The van der Waals surface area contributed by atoms with E-state index in [1.54, 1.807) is 16.9 Å². The van der Waals surface area contributed by atoms with Gasteiger partial charge in [0, 0.05) is 26.2 Å². The molecule has 18 heavy (non-hydrogen) atoms. The van der Waals surface area contributed by atoms with Gasteiger partial charge in [0.2, 0.25) is 0 Å². The van der Waals surface area contributed by atoms with E-state index < -0.39 is 0 Å². The van der Waals surface area contributed by atoms with E-state index in [0.717, 1.165) is 30.8 Å². The van der Waals surface area contributed by atoms with Crippen LogP contribution in [0.3, 0.4) is 0 Å². The molecule has 1 heterocycles. The van der Waals surface area contributed by atoms with Gasteiger partial charge in [-0.3, -0.25) is 4.79 Å². The van der Waals surface area contributed by atoms with Gasteiger partial charge in [-0.05, 0) is 31.4 Å². The van der Waals surface area contributed by atoms with Gasteiger partial charge in [0.25, 0.3) is 5.56 Å². The van der Waals surface area contributed by atoms with Crippen molar-refractivity contribution in [1.82, 2.24) is 9.78 Å². The zero-order valence-corrected chi connectivity index (χ0v) is 12.4. The molecular weight excluding hydrogens is 246 g/mol. The minimum absolute atomic E-state index is 0.0223. The van der Waals surface area contributed by atoms with Crippen LogP contribution in [0.4, 0.5) is 5.69 Å². The second-order valence-electron chi connectivity index (χ2n) is 4.70. The van der Waals surface area contributed by atoms with Crippen molar-refractivity contribution >= 4 is 18.3 Å². The van der Waals surface area contributed by atoms with Gasteiger partial charge in [-0.1, -0.05) is 6.92 Å². The van der Waals surface area contributed by atoms with Crippen molar-refractivity contribution in [1.29, 1.82) is 0 Å². The molecule has 0 bridgehead atoms. The summed E-state index contributed by atoms with van der Waals surface area (Å²) in [4.78, 5) is 13.9. The van der Waals surface area contributed by atoms with Crippen LogP contribution in [0.5, 0.6) is 0 Å². The highest BCUT2D eigenvalue weighted by Crippen LogP contribution is 2.10. The number of aryl methyl sites for hydroxylation is 1. The molecule has 1 rings (SSSR count). The Balaban J connectivity index is 2.66. The largest absolute Gasteiger partial charge is 0.373 e. The fraction of sp³-hybridized carbons (Fsp3) is 0.692. The third kappa shape index (κ3) is 4.37. The summed E-state index contributed by atoms with van der Waals surface area (Å²) < 4.78 is 1.54. The van der Waals surface area contributed by atoms with Crippen molar-refractivity contribution in [3.05, 3.63) is 22.6 Å². The SMILES string of the molecule is CCN(C)c1cnn(CCC(C)CCS)c(=O)c1. The lowest BCUT2D eigenvalue weighted by Gasteiger charge is -2.16. The number of hydrogen-bond acceptors (Lipinski definition) is 4. The van der Waals surface area contributed by atoms with Crippen molar-refractivity contribution in [3.63, 3.8) is 0 Å². The molecule has 0 saturated carbocycles. The maximum Gasteiger partial charge on any atom is 0.268 e. The Hall–Kier alpha value is -0.970. The maximum absolute atomic E-state index is 11.9. The van der Waals surface area contributed by atoms with E-state index in [4.69, 9.17) is 0 Å². The van der Waals surface area contributed by atoms with Crippen LogP contribution in [0.1, 0.15) is 26.7 Å². The van der Waals surface area contributed by atoms with Crippen molar-refractivity contribution < 1.29 is 0 Å². The van der Waals surface area contributed by atoms with Crippen molar-refractivity contribution in [3.8, 4) is 0 Å². The molecular formula is C13H23N3OS. The number of anilines is 1. The Labute approximate surface area is 114 Å². The average molecular weight is 269 g/mol. The molecule has 1 aromatic heterocycles. The number of hydrogen-bond donors (Lipinski definition) is 1. The molecule has 1 atom stereocenters. The lowest BCUT2D eigenvalue weighted by atomic mass is 10.1. The number of nitrogens with zero attached hydrogens (tertiary/aromatic N) is 3. The molecule has 0 N–H and O–H groups in total. The fourth-order valence-corrected chi connectivity index (χ4v) is 2.13. The second kappa shape index (κ2) is 7.46. The molecule has 0 aliphatic heterocycles. The van der Waals surface area contributed by atoms with Crippen LogP contribution in [0.15, 0.2) is 17.1 Å². The highest BCUT2D eigenvalue weighted by Gasteiger charge is 2.05. The fourth-order valence-electron chi connectivity index (χ4n) is 1.69. The Morgan fingerprint density at radius 2 is 2.22 bits per heavy atom. The first-order valence-corrected chi connectivity index (χ1v) is 7.10. The second-order valence-corrected chi connectivity index (χ2v) is 5.14. The predicted octanol–water partition coefficient (Wildman–Crippen LogP) is 2.05. The highest BCUT2D eigenvalue weighted by molar-refractivity contribution is 7.80. The molecule has 5 heteroatoms. The van der Waals surface area contributed by atoms with Crippen LogP contribution in [-0.2, 0) is 6.54 Å². The van der Waals surface area contributed by atoms with E-state index in [1.165, 1.54) is 0 Å². The topological polar surface area (TPSA) is 38.1 Å². The monoisotopic (exact) mass is 269 g/mol. The molecule has 1 unspecified atom stereocenters. The molecule has 0 saturated heterocycles. The molecule has 4 nitrogen and oxygen atoms in total. The van der Waals surface area contributed by atoms with Gasteiger partial charge in [-0.15, -0.1) is 0 Å². The highest BCUT2D eigenvalue weighted by atomic mass is 32.1. The Morgan fingerprint density at radius 1 is 1.50 bits per heavy atom. The first-order chi connectivity index (χ1) is 8.58. The quantitative estimate of drug-likeness (QED) is 0.770. The smallest absolute Gasteiger partial charge is 0.268 e. The maximum atomic E-state index is 11.9. The lowest BCUT2D eigenvalue weighted by molar-refractivity contribution is 0.440. The first-order valence-electron chi connectivity index (χ1n) is 6.47. The van der Waals surface area contributed by atoms with Crippen molar-refractivity contribution in [2.24, 2.45) is 5.92 Å². The zero-order valence-electron chi connectivity index (χ0n) is 11.5. The van der Waals surface area contributed by atoms with E-state index in [2.05, 4.69) is 24.7 Å². The van der Waals surface area contributed by atoms with Crippen LogP contribution in [-0.4, -0.2) is 29.1 Å². The summed E-state index contributed by atoms with van der Waals surface area (Å²) in [7, 11) is 1.95. The van der Waals surface area contributed by atoms with Crippen molar-refractivity contribution in [2.75, 3.05) is 24.2 Å². The third-order valence-electron chi connectivity index (χ3n) is 3.23. The van der Waals surface area contributed by atoms with Gasteiger partial charge in [-0.2, -0.15) is 17.7 Å². The van der Waals surface area contributed by atoms with Gasteiger partial charge < -0.3 is 4.90 Å². The molecule has 0 aliphatic rings. The summed E-state index contributed by atoms with van der Waals surface area (Å²) in [5.74, 6) is 1.47. The lowest BCUT2D eigenvalue weighted by Crippen LogP contribution is -2.26. The van der Waals surface area contributed by atoms with Crippen LogP contribution >= 0.6 is 12.6 Å². The molecule has 0 aromatic carbocycles. The third-order valence-corrected chi connectivity index (χ3v) is 3.48. The van der Waals surface area contributed by atoms with Gasteiger partial charge in [0.1, 0.15) is 0 Å². The first kappa shape index (κ1) is 15.1. The minimum atomic E-state index is -0.0223. The summed E-state index contributed by atoms with van der Waals surface area (Å²) in [6.45, 7) is 5.78. The number of aromatic nitrogens is 2. The van der Waals surface area contributed by atoms with Crippen LogP contribution in [0, 0.1) is 5.92 Å². The Morgan fingerprint density at radius 3 is 2.78 bits per heavy atom. The number of thiol groups is 1. The summed E-state index contributed by atoms with van der Waals surface area (Å²) in [5, 5.41) is 4.22. The van der Waals surface area contributed by atoms with E-state index in [-0.39, 0.29) is 5.56 Å². The summed E-state index contributed by atoms with van der Waals surface area (Å²) >= 11 is 4.22. The van der Waals surface area contributed by atoms with Crippen LogP contribution in [0.2, 0.25) is 0 Å². The van der Waals surface area contributed by atoms with Crippen molar-refractivity contribution in [2.45, 2.75) is 33.2 Å². The van der Waals surface area contributed by atoms with Gasteiger partial charge in [0.15, 0.2) is 0 Å². The molecule has 1 aromatic rings. The summed E-state index contributed by atoms with van der Waals surface area (Å²) in [6.07, 6.45) is 3.80. The molecule has 0 spiro atoms. The van der Waals surface area contributed by atoms with Crippen LogP contribution in [0.25, 0.3) is 0 Å². The molecule has 0 amide bonds. The standard InChI is InChI=1S/C13H23N3OS/c1-4-15(3)12-9-13(17)16(14-10-12)7-5-11(2)6-8-18/h9-11,18H,4-8H2,1-3H3. The molecule has 0 fully saturated rings.